The molecule has 1 fully saturated rings. The number of carbonyl (C=O) groups is 2. The number of hydrogen-bond donors (Lipinski definition) is 3. The Bertz CT molecular complexity index is 1230. The van der Waals surface area contributed by atoms with Crippen LogP contribution < -0.4 is 16.3 Å². The van der Waals surface area contributed by atoms with Gasteiger partial charge in [-0.3, -0.25) is 4.57 Å². The lowest BCUT2D eigenvalue weighted by Crippen LogP contribution is -2.45. The van der Waals surface area contributed by atoms with Crippen molar-refractivity contribution < 1.29 is 14.3 Å². The number of urea groups is 1. The SMILES string of the molecule is CC(C)(C)OC(=O)NCc1ccc(CNC(=O)N2CCC(n3c(=O)[nH]c4ccccc43)CC2)cc1. The summed E-state index contributed by atoms with van der Waals surface area (Å²) in [6.45, 7) is 7.45. The van der Waals surface area contributed by atoms with E-state index >= 15 is 0 Å². The molecule has 0 atom stereocenters. The fourth-order valence-corrected chi connectivity index (χ4v) is 4.32. The molecule has 0 spiro atoms. The van der Waals surface area contributed by atoms with E-state index in [0.29, 0.717) is 26.2 Å². The summed E-state index contributed by atoms with van der Waals surface area (Å²) in [7, 11) is 0. The first-order valence-corrected chi connectivity index (χ1v) is 12.0. The number of hydrogen-bond acceptors (Lipinski definition) is 4. The van der Waals surface area contributed by atoms with Crippen molar-refractivity contribution in [3.63, 3.8) is 0 Å². The van der Waals surface area contributed by atoms with Crippen LogP contribution in [0.2, 0.25) is 0 Å². The summed E-state index contributed by atoms with van der Waals surface area (Å²) in [6.07, 6.45) is 1.01. The lowest BCUT2D eigenvalue weighted by atomic mass is 10.0. The highest BCUT2D eigenvalue weighted by Gasteiger charge is 2.26. The molecule has 186 valence electrons. The number of para-hydroxylation sites is 2. The van der Waals surface area contributed by atoms with Crippen LogP contribution in [0.15, 0.2) is 53.3 Å². The Morgan fingerprint density at radius 3 is 2.20 bits per heavy atom. The summed E-state index contributed by atoms with van der Waals surface area (Å²) in [5.41, 5.74) is 3.03. The van der Waals surface area contributed by atoms with E-state index in [2.05, 4.69) is 15.6 Å². The molecule has 1 saturated heterocycles. The average molecular weight is 480 g/mol. The predicted molar refractivity (Wildman–Crippen MR) is 134 cm³/mol. The van der Waals surface area contributed by atoms with Crippen LogP contribution in [0, 0.1) is 0 Å². The summed E-state index contributed by atoms with van der Waals surface area (Å²) >= 11 is 0. The van der Waals surface area contributed by atoms with Gasteiger partial charge in [0, 0.05) is 32.2 Å². The zero-order valence-corrected chi connectivity index (χ0v) is 20.5. The Morgan fingerprint density at radius 1 is 0.971 bits per heavy atom. The zero-order valence-electron chi connectivity index (χ0n) is 20.5. The highest BCUT2D eigenvalue weighted by Crippen LogP contribution is 2.24. The molecule has 3 amide bonds. The number of alkyl carbamates (subject to hydrolysis) is 1. The van der Waals surface area contributed by atoms with Gasteiger partial charge < -0.3 is 25.3 Å². The van der Waals surface area contributed by atoms with E-state index in [-0.39, 0.29) is 17.8 Å². The third-order valence-electron chi connectivity index (χ3n) is 6.04. The number of rotatable bonds is 5. The molecular formula is C26H33N5O4. The standard InChI is InChI=1S/C26H33N5O4/c1-26(2,3)35-25(34)28-17-19-10-8-18(9-11-19)16-27-23(32)30-14-12-20(13-15-30)31-22-7-5-4-6-21(22)29-24(31)33/h4-11,20H,12-17H2,1-3H3,(H,27,32)(H,28,34)(H,29,33). The molecule has 9 nitrogen and oxygen atoms in total. The van der Waals surface area contributed by atoms with Crippen molar-refractivity contribution >= 4 is 23.2 Å². The molecule has 3 N–H and O–H groups in total. The maximum Gasteiger partial charge on any atom is 0.407 e. The van der Waals surface area contributed by atoms with Crippen LogP contribution in [0.1, 0.15) is 50.8 Å². The molecule has 1 aliphatic rings. The van der Waals surface area contributed by atoms with Crippen molar-refractivity contribution in [1.82, 2.24) is 25.1 Å². The van der Waals surface area contributed by atoms with Crippen LogP contribution in [0.25, 0.3) is 11.0 Å². The Hall–Kier alpha value is -3.75. The number of fused-ring (bicyclic) bond motifs is 1. The van der Waals surface area contributed by atoms with Gasteiger partial charge in [-0.2, -0.15) is 0 Å². The molecule has 1 aliphatic heterocycles. The molecule has 9 heteroatoms. The summed E-state index contributed by atoms with van der Waals surface area (Å²) in [4.78, 5) is 41.6. The van der Waals surface area contributed by atoms with E-state index in [4.69, 9.17) is 4.74 Å². The third-order valence-corrected chi connectivity index (χ3v) is 6.04. The van der Waals surface area contributed by atoms with Crippen LogP contribution in [-0.2, 0) is 17.8 Å². The second-order valence-electron chi connectivity index (χ2n) is 9.87. The maximum atomic E-state index is 12.7. The third kappa shape index (κ3) is 6.23. The molecule has 35 heavy (non-hydrogen) atoms. The lowest BCUT2D eigenvalue weighted by Gasteiger charge is -2.32. The number of H-pyrrole nitrogens is 1. The quantitative estimate of drug-likeness (QED) is 0.516. The first-order valence-electron chi connectivity index (χ1n) is 12.0. The van der Waals surface area contributed by atoms with E-state index in [0.717, 1.165) is 35.0 Å². The number of aromatic nitrogens is 2. The molecular weight excluding hydrogens is 446 g/mol. The monoisotopic (exact) mass is 479 g/mol. The van der Waals surface area contributed by atoms with Crippen molar-refractivity contribution in [3.8, 4) is 0 Å². The van der Waals surface area contributed by atoms with Gasteiger partial charge in [0.25, 0.3) is 0 Å². The molecule has 0 saturated carbocycles. The number of aromatic amines is 1. The van der Waals surface area contributed by atoms with E-state index in [1.807, 2.05) is 73.9 Å². The number of benzene rings is 2. The summed E-state index contributed by atoms with van der Waals surface area (Å²) in [6, 6.07) is 15.4. The van der Waals surface area contributed by atoms with Gasteiger partial charge >= 0.3 is 17.8 Å². The minimum Gasteiger partial charge on any atom is -0.444 e. The van der Waals surface area contributed by atoms with Crippen LogP contribution in [0.5, 0.6) is 0 Å². The zero-order chi connectivity index (χ0) is 25.0. The van der Waals surface area contributed by atoms with Crippen molar-refractivity contribution in [2.45, 2.75) is 58.3 Å². The van der Waals surface area contributed by atoms with Gasteiger partial charge in [0.2, 0.25) is 0 Å². The fraction of sp³-hybridized carbons (Fsp3) is 0.423. The van der Waals surface area contributed by atoms with Crippen molar-refractivity contribution in [1.29, 1.82) is 0 Å². The molecule has 0 unspecified atom stereocenters. The Kier molecular flexibility index (Phi) is 7.14. The van der Waals surface area contributed by atoms with Gasteiger partial charge in [-0.25, -0.2) is 14.4 Å². The number of imidazole rings is 1. The molecule has 3 aromatic rings. The predicted octanol–water partition coefficient (Wildman–Crippen LogP) is 3.90. The van der Waals surface area contributed by atoms with Crippen LogP contribution in [0.4, 0.5) is 9.59 Å². The molecule has 0 bridgehead atoms. The second kappa shape index (κ2) is 10.2. The Balaban J connectivity index is 1.23. The molecule has 4 rings (SSSR count). The summed E-state index contributed by atoms with van der Waals surface area (Å²) < 4.78 is 7.06. The van der Waals surface area contributed by atoms with E-state index < -0.39 is 11.7 Å². The normalized spacial score (nSPS) is 14.7. The van der Waals surface area contributed by atoms with E-state index in [9.17, 15) is 14.4 Å². The fourth-order valence-electron chi connectivity index (χ4n) is 4.32. The molecule has 1 aromatic heterocycles. The Labute approximate surface area is 204 Å². The van der Waals surface area contributed by atoms with Gasteiger partial charge in [0.1, 0.15) is 5.60 Å². The first-order chi connectivity index (χ1) is 16.7. The van der Waals surface area contributed by atoms with Gasteiger partial charge in [-0.15, -0.1) is 0 Å². The van der Waals surface area contributed by atoms with Crippen molar-refractivity contribution in [3.05, 3.63) is 70.1 Å². The van der Waals surface area contributed by atoms with Gasteiger partial charge in [0.05, 0.1) is 11.0 Å². The van der Waals surface area contributed by atoms with E-state index in [1.165, 1.54) is 0 Å². The number of nitrogens with one attached hydrogen (secondary N) is 3. The molecule has 0 radical (unpaired) electrons. The van der Waals surface area contributed by atoms with Crippen LogP contribution >= 0.6 is 0 Å². The number of carbonyl (C=O) groups excluding carboxylic acids is 2. The second-order valence-corrected chi connectivity index (χ2v) is 9.87. The number of likely N-dealkylation sites (tertiary alicyclic amines) is 1. The minimum atomic E-state index is -0.532. The van der Waals surface area contributed by atoms with Gasteiger partial charge in [-0.05, 0) is 56.9 Å². The smallest absolute Gasteiger partial charge is 0.407 e. The van der Waals surface area contributed by atoms with E-state index in [1.54, 1.807) is 4.90 Å². The molecule has 2 aromatic carbocycles. The first kappa shape index (κ1) is 24.4. The number of piperidine rings is 1. The van der Waals surface area contributed by atoms with Crippen molar-refractivity contribution in [2.24, 2.45) is 0 Å². The summed E-state index contributed by atoms with van der Waals surface area (Å²) in [5.74, 6) is 0. The highest BCUT2D eigenvalue weighted by atomic mass is 16.6. The molecule has 2 heterocycles. The lowest BCUT2D eigenvalue weighted by molar-refractivity contribution is 0.0523. The number of amides is 3. The number of nitrogens with zero attached hydrogens (tertiary/aromatic N) is 2. The maximum absolute atomic E-state index is 12.7. The van der Waals surface area contributed by atoms with Gasteiger partial charge in [0.15, 0.2) is 0 Å². The number of ether oxygens (including phenoxy) is 1. The largest absolute Gasteiger partial charge is 0.444 e. The Morgan fingerprint density at radius 2 is 1.57 bits per heavy atom. The van der Waals surface area contributed by atoms with Gasteiger partial charge in [-0.1, -0.05) is 36.4 Å². The molecule has 0 aliphatic carbocycles. The van der Waals surface area contributed by atoms with Crippen molar-refractivity contribution in [2.75, 3.05) is 13.1 Å². The van der Waals surface area contributed by atoms with Crippen LogP contribution in [0.3, 0.4) is 0 Å². The summed E-state index contributed by atoms with van der Waals surface area (Å²) in [5, 5.41) is 5.71. The highest BCUT2D eigenvalue weighted by molar-refractivity contribution is 5.75. The average Bonchev–Trinajstić information content (AvgIpc) is 3.16. The topological polar surface area (TPSA) is 108 Å². The minimum absolute atomic E-state index is 0.0736. The van der Waals surface area contributed by atoms with Crippen LogP contribution in [-0.4, -0.2) is 45.3 Å².